The first-order valence-corrected chi connectivity index (χ1v) is 10.7. The van der Waals surface area contributed by atoms with Crippen LogP contribution in [0, 0.1) is 6.92 Å². The van der Waals surface area contributed by atoms with Crippen molar-refractivity contribution in [2.24, 2.45) is 0 Å². The largest absolute Gasteiger partial charge is 0.330 e. The summed E-state index contributed by atoms with van der Waals surface area (Å²) in [5, 5.41) is 5.21. The fourth-order valence-corrected chi connectivity index (χ4v) is 4.27. The molecule has 3 heterocycles. The minimum atomic E-state index is -0.102. The molecule has 0 bridgehead atoms. The van der Waals surface area contributed by atoms with Gasteiger partial charge in [0.15, 0.2) is 0 Å². The standard InChI is InChI=1S/C24H27ClN4O/c1-16-13-26-21(12-19(16)17-14-27-29(15-17)24(2,3)4)23(30)28-11-7-10-22(28)18-8-5-6-9-20(18)25/h5-6,8-9,12-15,22H,7,10-11H2,1-4H3. The Hall–Kier alpha value is -2.66. The Morgan fingerprint density at radius 2 is 1.97 bits per heavy atom. The van der Waals surface area contributed by atoms with Crippen LogP contribution in [0.1, 0.15) is 61.3 Å². The van der Waals surface area contributed by atoms with Crippen LogP contribution in [-0.4, -0.2) is 32.1 Å². The van der Waals surface area contributed by atoms with E-state index in [0.29, 0.717) is 17.3 Å². The van der Waals surface area contributed by atoms with Crippen LogP contribution in [0.2, 0.25) is 5.02 Å². The van der Waals surface area contributed by atoms with Gasteiger partial charge >= 0.3 is 0 Å². The number of pyridine rings is 1. The number of carbonyl (C=O) groups excluding carboxylic acids is 1. The molecule has 1 aliphatic heterocycles. The zero-order valence-corrected chi connectivity index (χ0v) is 18.6. The molecule has 0 N–H and O–H groups in total. The fourth-order valence-electron chi connectivity index (χ4n) is 4.01. The Bertz CT molecular complexity index is 1080. The van der Waals surface area contributed by atoms with E-state index in [9.17, 15) is 4.79 Å². The van der Waals surface area contributed by atoms with Crippen LogP contribution in [0.4, 0.5) is 0 Å². The number of benzene rings is 1. The van der Waals surface area contributed by atoms with Gasteiger partial charge in [0.05, 0.1) is 17.8 Å². The van der Waals surface area contributed by atoms with E-state index in [1.165, 1.54) is 0 Å². The van der Waals surface area contributed by atoms with E-state index >= 15 is 0 Å². The van der Waals surface area contributed by atoms with Gasteiger partial charge in [-0.05, 0) is 69.4 Å². The number of rotatable bonds is 3. The van der Waals surface area contributed by atoms with Gasteiger partial charge in [-0.2, -0.15) is 5.10 Å². The topological polar surface area (TPSA) is 51.0 Å². The third kappa shape index (κ3) is 3.86. The maximum atomic E-state index is 13.4. The molecule has 1 saturated heterocycles. The minimum absolute atomic E-state index is 0.0126. The molecular formula is C24H27ClN4O. The van der Waals surface area contributed by atoms with Crippen LogP contribution in [0.15, 0.2) is 48.9 Å². The normalized spacial score (nSPS) is 16.8. The second kappa shape index (κ2) is 7.88. The van der Waals surface area contributed by atoms with Crippen molar-refractivity contribution in [3.8, 4) is 11.1 Å². The molecule has 6 heteroatoms. The predicted molar refractivity (Wildman–Crippen MR) is 120 cm³/mol. The molecule has 0 radical (unpaired) electrons. The van der Waals surface area contributed by atoms with Crippen LogP contribution >= 0.6 is 11.6 Å². The molecule has 2 aromatic heterocycles. The number of amides is 1. The lowest BCUT2D eigenvalue weighted by atomic mass is 10.0. The molecule has 5 nitrogen and oxygen atoms in total. The number of hydrogen-bond donors (Lipinski definition) is 0. The highest BCUT2D eigenvalue weighted by molar-refractivity contribution is 6.31. The van der Waals surface area contributed by atoms with Crippen LogP contribution in [0.5, 0.6) is 0 Å². The molecule has 1 unspecified atom stereocenters. The average Bonchev–Trinajstić information content (AvgIpc) is 3.38. The van der Waals surface area contributed by atoms with Crippen LogP contribution in [0.25, 0.3) is 11.1 Å². The van der Waals surface area contributed by atoms with E-state index < -0.39 is 0 Å². The molecule has 1 fully saturated rings. The number of nitrogens with zero attached hydrogens (tertiary/aromatic N) is 4. The van der Waals surface area contributed by atoms with Gasteiger partial charge in [0.25, 0.3) is 5.91 Å². The van der Waals surface area contributed by atoms with Gasteiger partial charge < -0.3 is 4.90 Å². The zero-order chi connectivity index (χ0) is 21.5. The molecule has 1 amide bonds. The molecule has 1 atom stereocenters. The zero-order valence-electron chi connectivity index (χ0n) is 17.9. The summed E-state index contributed by atoms with van der Waals surface area (Å²) in [7, 11) is 0. The highest BCUT2D eigenvalue weighted by Gasteiger charge is 2.32. The van der Waals surface area contributed by atoms with E-state index in [2.05, 4.69) is 30.9 Å². The van der Waals surface area contributed by atoms with Crippen LogP contribution in [0.3, 0.4) is 0 Å². The van der Waals surface area contributed by atoms with Crippen molar-refractivity contribution < 1.29 is 4.79 Å². The molecular weight excluding hydrogens is 396 g/mol. The molecule has 1 aliphatic rings. The van der Waals surface area contributed by atoms with Gasteiger partial charge in [-0.15, -0.1) is 0 Å². The quantitative estimate of drug-likeness (QED) is 0.548. The van der Waals surface area contributed by atoms with Crippen molar-refractivity contribution >= 4 is 17.5 Å². The van der Waals surface area contributed by atoms with Crippen LogP contribution in [-0.2, 0) is 5.54 Å². The Morgan fingerprint density at radius 3 is 2.67 bits per heavy atom. The second-order valence-corrected chi connectivity index (χ2v) is 9.31. The lowest BCUT2D eigenvalue weighted by molar-refractivity contribution is 0.0730. The van der Waals surface area contributed by atoms with Gasteiger partial charge in [0.1, 0.15) is 5.69 Å². The van der Waals surface area contributed by atoms with E-state index in [0.717, 1.165) is 35.1 Å². The van der Waals surface area contributed by atoms with Crippen molar-refractivity contribution in [2.75, 3.05) is 6.54 Å². The molecule has 0 saturated carbocycles. The number of aryl methyl sites for hydroxylation is 1. The van der Waals surface area contributed by atoms with Crippen molar-refractivity contribution in [3.63, 3.8) is 0 Å². The first kappa shape index (κ1) is 20.6. The van der Waals surface area contributed by atoms with E-state index in [-0.39, 0.29) is 17.5 Å². The maximum Gasteiger partial charge on any atom is 0.272 e. The second-order valence-electron chi connectivity index (χ2n) is 8.91. The summed E-state index contributed by atoms with van der Waals surface area (Å²) in [6.07, 6.45) is 7.52. The van der Waals surface area contributed by atoms with Gasteiger partial charge in [-0.1, -0.05) is 29.8 Å². The highest BCUT2D eigenvalue weighted by Crippen LogP contribution is 2.37. The van der Waals surface area contributed by atoms with Crippen molar-refractivity contribution in [2.45, 2.75) is 52.1 Å². The molecule has 156 valence electrons. The number of halogens is 1. The van der Waals surface area contributed by atoms with E-state index in [1.54, 1.807) is 6.20 Å². The lowest BCUT2D eigenvalue weighted by Gasteiger charge is -2.25. The summed E-state index contributed by atoms with van der Waals surface area (Å²) in [6.45, 7) is 9.05. The number of carbonyl (C=O) groups is 1. The molecule has 30 heavy (non-hydrogen) atoms. The third-order valence-corrected chi connectivity index (χ3v) is 6.03. The smallest absolute Gasteiger partial charge is 0.272 e. The molecule has 0 aliphatic carbocycles. The van der Waals surface area contributed by atoms with Gasteiger partial charge in [-0.25, -0.2) is 0 Å². The van der Waals surface area contributed by atoms with Gasteiger partial charge in [0, 0.05) is 29.5 Å². The predicted octanol–water partition coefficient (Wildman–Crippen LogP) is 5.64. The Balaban J connectivity index is 1.66. The Morgan fingerprint density at radius 1 is 1.20 bits per heavy atom. The van der Waals surface area contributed by atoms with Gasteiger partial charge in [-0.3, -0.25) is 14.5 Å². The Labute approximate surface area is 182 Å². The number of hydrogen-bond acceptors (Lipinski definition) is 3. The highest BCUT2D eigenvalue weighted by atomic mass is 35.5. The monoisotopic (exact) mass is 422 g/mol. The molecule has 1 aromatic carbocycles. The number of aromatic nitrogens is 3. The first-order chi connectivity index (χ1) is 14.3. The maximum absolute atomic E-state index is 13.4. The number of likely N-dealkylation sites (tertiary alicyclic amines) is 1. The SMILES string of the molecule is Cc1cnc(C(=O)N2CCCC2c2ccccc2Cl)cc1-c1cnn(C(C)(C)C)c1. The molecule has 3 aromatic rings. The summed E-state index contributed by atoms with van der Waals surface area (Å²) in [5.74, 6) is -0.0538. The third-order valence-electron chi connectivity index (χ3n) is 5.68. The van der Waals surface area contributed by atoms with Crippen molar-refractivity contribution in [1.82, 2.24) is 19.7 Å². The molecule has 4 rings (SSSR count). The average molecular weight is 423 g/mol. The lowest BCUT2D eigenvalue weighted by Crippen LogP contribution is -2.31. The Kier molecular flexibility index (Phi) is 5.41. The molecule has 0 spiro atoms. The van der Waals surface area contributed by atoms with Gasteiger partial charge in [0.2, 0.25) is 0 Å². The van der Waals surface area contributed by atoms with Crippen LogP contribution < -0.4 is 0 Å². The van der Waals surface area contributed by atoms with Crippen molar-refractivity contribution in [3.05, 3.63) is 70.8 Å². The minimum Gasteiger partial charge on any atom is -0.330 e. The summed E-state index contributed by atoms with van der Waals surface area (Å²) < 4.78 is 1.94. The van der Waals surface area contributed by atoms with E-state index in [4.69, 9.17) is 11.6 Å². The summed E-state index contributed by atoms with van der Waals surface area (Å²) in [4.78, 5) is 19.8. The summed E-state index contributed by atoms with van der Waals surface area (Å²) in [6, 6.07) is 9.65. The summed E-state index contributed by atoms with van der Waals surface area (Å²) >= 11 is 6.42. The van der Waals surface area contributed by atoms with E-state index in [1.807, 2.05) is 59.2 Å². The summed E-state index contributed by atoms with van der Waals surface area (Å²) in [5.41, 5.74) is 4.35. The first-order valence-electron chi connectivity index (χ1n) is 10.3. The fraction of sp³-hybridized carbons (Fsp3) is 0.375. The van der Waals surface area contributed by atoms with Crippen molar-refractivity contribution in [1.29, 1.82) is 0 Å².